The van der Waals surface area contributed by atoms with Crippen LogP contribution in [0.4, 0.5) is 5.69 Å². The van der Waals surface area contributed by atoms with Gasteiger partial charge in [0.05, 0.1) is 24.5 Å². The van der Waals surface area contributed by atoms with Gasteiger partial charge in [-0.05, 0) is 31.4 Å². The number of nitrogen functional groups attached to an aromatic ring is 1. The third kappa shape index (κ3) is 3.38. The Morgan fingerprint density at radius 1 is 1.58 bits per heavy atom. The predicted octanol–water partition coefficient (Wildman–Crippen LogP) is 1.58. The lowest BCUT2D eigenvalue weighted by molar-refractivity contribution is 0.0907. The molecule has 1 amide bonds. The molecule has 1 aromatic rings. The van der Waals surface area contributed by atoms with E-state index in [0.29, 0.717) is 23.5 Å². The van der Waals surface area contributed by atoms with Crippen molar-refractivity contribution in [2.45, 2.75) is 25.4 Å². The molecule has 1 unspecified atom stereocenters. The van der Waals surface area contributed by atoms with Crippen LogP contribution >= 0.6 is 0 Å². The molecule has 0 spiro atoms. The van der Waals surface area contributed by atoms with Gasteiger partial charge >= 0.3 is 0 Å². The molecule has 1 heterocycles. The van der Waals surface area contributed by atoms with Gasteiger partial charge in [0.15, 0.2) is 0 Å². The molecule has 1 aliphatic heterocycles. The smallest absolute Gasteiger partial charge is 0.253 e. The average Bonchev–Trinajstić information content (AvgIpc) is 2.92. The van der Waals surface area contributed by atoms with Crippen molar-refractivity contribution in [1.29, 1.82) is 0 Å². The molecule has 1 aliphatic rings. The maximum absolute atomic E-state index is 12.0. The summed E-state index contributed by atoms with van der Waals surface area (Å²) in [6, 6.07) is 5.18. The van der Waals surface area contributed by atoms with Crippen LogP contribution in [0.25, 0.3) is 0 Å². The molecule has 19 heavy (non-hydrogen) atoms. The van der Waals surface area contributed by atoms with E-state index >= 15 is 0 Å². The Kier molecular flexibility index (Phi) is 4.63. The van der Waals surface area contributed by atoms with Gasteiger partial charge in [0.2, 0.25) is 0 Å². The summed E-state index contributed by atoms with van der Waals surface area (Å²) in [4.78, 5) is 12.0. The van der Waals surface area contributed by atoms with Crippen molar-refractivity contribution in [1.82, 2.24) is 5.32 Å². The Labute approximate surface area is 113 Å². The molecule has 0 radical (unpaired) electrons. The Morgan fingerprint density at radius 3 is 3.11 bits per heavy atom. The molecule has 0 saturated carbocycles. The zero-order valence-electron chi connectivity index (χ0n) is 11.1. The molecule has 104 valence electrons. The molecule has 1 saturated heterocycles. The number of benzene rings is 1. The topological polar surface area (TPSA) is 73.6 Å². The number of rotatable bonds is 5. The van der Waals surface area contributed by atoms with Gasteiger partial charge in [-0.1, -0.05) is 6.07 Å². The molecule has 2 rings (SSSR count). The summed E-state index contributed by atoms with van der Waals surface area (Å²) < 4.78 is 10.6. The van der Waals surface area contributed by atoms with Crippen molar-refractivity contribution in [2.24, 2.45) is 0 Å². The highest BCUT2D eigenvalue weighted by atomic mass is 16.5. The lowest BCUT2D eigenvalue weighted by atomic mass is 10.1. The summed E-state index contributed by atoms with van der Waals surface area (Å²) >= 11 is 0. The van der Waals surface area contributed by atoms with E-state index in [1.165, 1.54) is 7.11 Å². The summed E-state index contributed by atoms with van der Waals surface area (Å²) in [5.74, 6) is 0.348. The molecule has 5 nitrogen and oxygen atoms in total. The first-order chi connectivity index (χ1) is 9.22. The van der Waals surface area contributed by atoms with Crippen LogP contribution < -0.4 is 15.8 Å². The van der Waals surface area contributed by atoms with Gasteiger partial charge < -0.3 is 20.5 Å². The molecule has 1 fully saturated rings. The van der Waals surface area contributed by atoms with Gasteiger partial charge in [-0.15, -0.1) is 0 Å². The number of amides is 1. The van der Waals surface area contributed by atoms with Crippen molar-refractivity contribution >= 4 is 11.6 Å². The largest absolute Gasteiger partial charge is 0.495 e. The van der Waals surface area contributed by atoms with Crippen LogP contribution in [-0.2, 0) is 4.74 Å². The second-order valence-corrected chi connectivity index (χ2v) is 4.60. The minimum absolute atomic E-state index is 0.172. The van der Waals surface area contributed by atoms with Crippen LogP contribution in [0.3, 0.4) is 0 Å². The highest BCUT2D eigenvalue weighted by Gasteiger charge is 2.16. The molecule has 0 aromatic heterocycles. The van der Waals surface area contributed by atoms with Gasteiger partial charge in [0.1, 0.15) is 5.75 Å². The first-order valence-corrected chi connectivity index (χ1v) is 6.54. The van der Waals surface area contributed by atoms with Crippen molar-refractivity contribution < 1.29 is 14.3 Å². The number of methoxy groups -OCH3 is 1. The number of carbonyl (C=O) groups excluding carboxylic acids is 1. The number of hydrogen-bond acceptors (Lipinski definition) is 4. The van der Waals surface area contributed by atoms with Crippen molar-refractivity contribution in [2.75, 3.05) is 26.0 Å². The second kappa shape index (κ2) is 6.43. The van der Waals surface area contributed by atoms with E-state index in [1.807, 2.05) is 0 Å². The summed E-state index contributed by atoms with van der Waals surface area (Å²) in [5, 5.41) is 2.86. The fourth-order valence-corrected chi connectivity index (χ4v) is 2.23. The number of ether oxygens (including phenoxy) is 2. The van der Waals surface area contributed by atoms with Gasteiger partial charge in [-0.25, -0.2) is 0 Å². The van der Waals surface area contributed by atoms with E-state index in [0.717, 1.165) is 25.9 Å². The third-order valence-electron chi connectivity index (χ3n) is 3.31. The first-order valence-electron chi connectivity index (χ1n) is 6.54. The van der Waals surface area contributed by atoms with Gasteiger partial charge in [0, 0.05) is 13.2 Å². The highest BCUT2D eigenvalue weighted by molar-refractivity contribution is 6.00. The number of carbonyl (C=O) groups is 1. The minimum atomic E-state index is -0.172. The fraction of sp³-hybridized carbons (Fsp3) is 0.500. The molecule has 0 aliphatic carbocycles. The standard InChI is InChI=1S/C14H20N2O3/c1-18-12-6-2-5-11(13(12)15)14(17)16-8-7-10-4-3-9-19-10/h2,5-6,10H,3-4,7-9,15H2,1H3,(H,16,17). The van der Waals surface area contributed by atoms with Crippen LogP contribution in [0.5, 0.6) is 5.75 Å². The Balaban J connectivity index is 1.88. The van der Waals surface area contributed by atoms with Gasteiger partial charge in [-0.3, -0.25) is 4.79 Å². The second-order valence-electron chi connectivity index (χ2n) is 4.60. The van der Waals surface area contributed by atoms with E-state index in [1.54, 1.807) is 18.2 Å². The normalized spacial score (nSPS) is 18.3. The molecular weight excluding hydrogens is 244 g/mol. The molecule has 1 aromatic carbocycles. The average molecular weight is 264 g/mol. The number of hydrogen-bond donors (Lipinski definition) is 2. The summed E-state index contributed by atoms with van der Waals surface area (Å²) in [6.45, 7) is 1.43. The molecular formula is C14H20N2O3. The zero-order chi connectivity index (χ0) is 13.7. The Morgan fingerprint density at radius 2 is 2.42 bits per heavy atom. The molecule has 3 N–H and O–H groups in total. The lowest BCUT2D eigenvalue weighted by Crippen LogP contribution is -2.27. The van der Waals surface area contributed by atoms with Crippen molar-refractivity contribution in [3.05, 3.63) is 23.8 Å². The molecule has 5 heteroatoms. The van der Waals surface area contributed by atoms with Crippen LogP contribution in [0, 0.1) is 0 Å². The van der Waals surface area contributed by atoms with Crippen LogP contribution in [0.1, 0.15) is 29.6 Å². The Hall–Kier alpha value is -1.75. The van der Waals surface area contributed by atoms with Gasteiger partial charge in [0.25, 0.3) is 5.91 Å². The summed E-state index contributed by atoms with van der Waals surface area (Å²) in [6.07, 6.45) is 3.32. The predicted molar refractivity (Wildman–Crippen MR) is 73.3 cm³/mol. The number of nitrogens with one attached hydrogen (secondary N) is 1. The zero-order valence-corrected chi connectivity index (χ0v) is 11.1. The summed E-state index contributed by atoms with van der Waals surface area (Å²) in [5.41, 5.74) is 6.70. The Bertz CT molecular complexity index is 442. The van der Waals surface area contributed by atoms with Crippen LogP contribution in [0.15, 0.2) is 18.2 Å². The molecule has 1 atom stereocenters. The number of para-hydroxylation sites is 1. The van der Waals surface area contributed by atoms with E-state index in [2.05, 4.69) is 5.32 Å². The first kappa shape index (κ1) is 13.7. The monoisotopic (exact) mass is 264 g/mol. The summed E-state index contributed by atoms with van der Waals surface area (Å²) in [7, 11) is 1.53. The quantitative estimate of drug-likeness (QED) is 0.792. The van der Waals surface area contributed by atoms with Crippen LogP contribution in [-0.4, -0.2) is 32.3 Å². The van der Waals surface area contributed by atoms with Crippen molar-refractivity contribution in [3.63, 3.8) is 0 Å². The number of anilines is 1. The SMILES string of the molecule is COc1cccc(C(=O)NCCC2CCCO2)c1N. The van der Waals surface area contributed by atoms with Gasteiger partial charge in [-0.2, -0.15) is 0 Å². The van der Waals surface area contributed by atoms with E-state index in [4.69, 9.17) is 15.2 Å². The highest BCUT2D eigenvalue weighted by Crippen LogP contribution is 2.24. The maximum atomic E-state index is 12.0. The molecule has 0 bridgehead atoms. The number of nitrogens with two attached hydrogens (primary N) is 1. The van der Waals surface area contributed by atoms with Crippen LogP contribution in [0.2, 0.25) is 0 Å². The minimum Gasteiger partial charge on any atom is -0.495 e. The third-order valence-corrected chi connectivity index (χ3v) is 3.31. The van der Waals surface area contributed by atoms with Crippen molar-refractivity contribution in [3.8, 4) is 5.75 Å². The van der Waals surface area contributed by atoms with E-state index < -0.39 is 0 Å². The fourth-order valence-electron chi connectivity index (χ4n) is 2.23. The maximum Gasteiger partial charge on any atom is 0.253 e. The lowest BCUT2D eigenvalue weighted by Gasteiger charge is -2.12. The van der Waals surface area contributed by atoms with E-state index in [-0.39, 0.29) is 12.0 Å². The van der Waals surface area contributed by atoms with E-state index in [9.17, 15) is 4.79 Å².